The zero-order valence-corrected chi connectivity index (χ0v) is 15.7. The highest BCUT2D eigenvalue weighted by atomic mass is 16.6. The van der Waals surface area contributed by atoms with Gasteiger partial charge < -0.3 is 14.8 Å². The summed E-state index contributed by atoms with van der Waals surface area (Å²) in [4.78, 5) is 37.0. The minimum Gasteiger partial charge on any atom is -0.485 e. The summed E-state index contributed by atoms with van der Waals surface area (Å²) in [5.74, 6) is -0.0274. The number of amides is 1. The lowest BCUT2D eigenvalue weighted by Crippen LogP contribution is -2.35. The average molecular weight is 391 g/mol. The summed E-state index contributed by atoms with van der Waals surface area (Å²) in [5.41, 5.74) is 1.25. The Kier molecular flexibility index (Phi) is 4.34. The lowest BCUT2D eigenvalue weighted by atomic mass is 9.79. The van der Waals surface area contributed by atoms with Crippen molar-refractivity contribution >= 4 is 23.3 Å². The molecule has 1 heterocycles. The first-order valence-corrected chi connectivity index (χ1v) is 9.92. The molecule has 1 aliphatic heterocycles. The van der Waals surface area contributed by atoms with Crippen LogP contribution in [0.1, 0.15) is 23.2 Å². The third-order valence-electron chi connectivity index (χ3n) is 6.37. The smallest absolute Gasteiger partial charge is 0.310 e. The highest BCUT2D eigenvalue weighted by Gasteiger charge is 2.63. The van der Waals surface area contributed by atoms with Crippen molar-refractivity contribution in [3.8, 4) is 5.75 Å². The fraction of sp³-hybridized carbons (Fsp3) is 0.348. The predicted octanol–water partition coefficient (Wildman–Crippen LogP) is 3.08. The Morgan fingerprint density at radius 1 is 1.03 bits per heavy atom. The molecule has 3 aliphatic rings. The van der Waals surface area contributed by atoms with E-state index >= 15 is 0 Å². The van der Waals surface area contributed by atoms with Crippen molar-refractivity contribution in [2.24, 2.45) is 23.7 Å². The fourth-order valence-electron chi connectivity index (χ4n) is 5.08. The van der Waals surface area contributed by atoms with Gasteiger partial charge in [-0.2, -0.15) is 0 Å². The third-order valence-corrected chi connectivity index (χ3v) is 6.37. The van der Waals surface area contributed by atoms with Gasteiger partial charge in [0.15, 0.2) is 12.4 Å². The molecule has 2 saturated carbocycles. The fourth-order valence-corrected chi connectivity index (χ4v) is 5.08. The number of carbonyl (C=O) groups excluding carboxylic acids is 3. The molecule has 0 radical (unpaired) electrons. The highest BCUT2D eigenvalue weighted by molar-refractivity contribution is 5.97. The largest absolute Gasteiger partial charge is 0.485 e. The summed E-state index contributed by atoms with van der Waals surface area (Å²) in [5, 5.41) is 2.92. The lowest BCUT2D eigenvalue weighted by Gasteiger charge is -2.23. The molecule has 5 rings (SSSR count). The number of fused-ring (bicyclic) bond motifs is 1. The molecule has 1 amide bonds. The van der Waals surface area contributed by atoms with Crippen LogP contribution in [0.5, 0.6) is 5.75 Å². The zero-order chi connectivity index (χ0) is 20.0. The molecule has 5 atom stereocenters. The molecule has 1 saturated heterocycles. The number of ether oxygens (including phenoxy) is 2. The maximum Gasteiger partial charge on any atom is 0.310 e. The maximum absolute atomic E-state index is 12.8. The summed E-state index contributed by atoms with van der Waals surface area (Å²) >= 11 is 0. The van der Waals surface area contributed by atoms with Gasteiger partial charge in [0.25, 0.3) is 0 Å². The van der Waals surface area contributed by atoms with Crippen LogP contribution in [0.4, 0.5) is 5.69 Å². The van der Waals surface area contributed by atoms with Crippen LogP contribution in [-0.2, 0) is 14.3 Å². The third kappa shape index (κ3) is 3.18. The summed E-state index contributed by atoms with van der Waals surface area (Å²) in [6.07, 6.45) is 1.73. The molecule has 2 aliphatic carbocycles. The number of hydrogen-bond donors (Lipinski definition) is 1. The van der Waals surface area contributed by atoms with Crippen LogP contribution in [0.25, 0.3) is 0 Å². The van der Waals surface area contributed by atoms with Crippen molar-refractivity contribution < 1.29 is 23.9 Å². The number of anilines is 1. The predicted molar refractivity (Wildman–Crippen MR) is 104 cm³/mol. The molecule has 0 unspecified atom stereocenters. The number of hydrogen-bond acceptors (Lipinski definition) is 5. The van der Waals surface area contributed by atoms with E-state index in [2.05, 4.69) is 5.32 Å². The maximum atomic E-state index is 12.8. The van der Waals surface area contributed by atoms with Crippen LogP contribution in [0.2, 0.25) is 0 Å². The summed E-state index contributed by atoms with van der Waals surface area (Å²) in [6, 6.07) is 15.9. The van der Waals surface area contributed by atoms with E-state index < -0.39 is 0 Å². The van der Waals surface area contributed by atoms with Crippen LogP contribution in [0.3, 0.4) is 0 Å². The number of carbonyl (C=O) groups is 3. The number of ketones is 1. The van der Waals surface area contributed by atoms with Crippen LogP contribution < -0.4 is 10.1 Å². The molecule has 2 aromatic carbocycles. The Hall–Kier alpha value is -3.15. The monoisotopic (exact) mass is 391 g/mol. The van der Waals surface area contributed by atoms with Crippen molar-refractivity contribution in [3.05, 3.63) is 60.2 Å². The van der Waals surface area contributed by atoms with Gasteiger partial charge in [-0.3, -0.25) is 14.4 Å². The average Bonchev–Trinajstić information content (AvgIpc) is 3.36. The van der Waals surface area contributed by atoms with E-state index in [4.69, 9.17) is 9.47 Å². The second-order valence-electron chi connectivity index (χ2n) is 8.01. The van der Waals surface area contributed by atoms with Crippen LogP contribution in [-0.4, -0.2) is 30.4 Å². The van der Waals surface area contributed by atoms with Gasteiger partial charge in [0, 0.05) is 17.2 Å². The lowest BCUT2D eigenvalue weighted by molar-refractivity contribution is -0.145. The van der Waals surface area contributed by atoms with Crippen molar-refractivity contribution in [2.45, 2.75) is 18.9 Å². The summed E-state index contributed by atoms with van der Waals surface area (Å²) in [6.45, 7) is -0.0498. The SMILES string of the molecule is O=C(COc1ccc(NC(=O)[C@H]2[C@@H]3C[C@H]4[C@H]2C(=O)O[C@H]4C3)cc1)c1ccccc1. The first-order chi connectivity index (χ1) is 14.1. The molecule has 2 bridgehead atoms. The number of Topliss-reactive ketones (excluding diaryl/α,β-unsaturated/α-hetero) is 1. The van der Waals surface area contributed by atoms with E-state index in [1.165, 1.54) is 0 Å². The van der Waals surface area contributed by atoms with Crippen molar-refractivity contribution in [1.29, 1.82) is 0 Å². The number of benzene rings is 2. The van der Waals surface area contributed by atoms with E-state index in [9.17, 15) is 14.4 Å². The van der Waals surface area contributed by atoms with Gasteiger partial charge in [-0.1, -0.05) is 30.3 Å². The quantitative estimate of drug-likeness (QED) is 0.605. The van der Waals surface area contributed by atoms with Gasteiger partial charge in [0.05, 0.1) is 11.8 Å². The van der Waals surface area contributed by atoms with Crippen LogP contribution in [0.15, 0.2) is 54.6 Å². The Bertz CT molecular complexity index is 953. The second kappa shape index (κ2) is 7.03. The van der Waals surface area contributed by atoms with Crippen molar-refractivity contribution in [1.82, 2.24) is 0 Å². The molecule has 2 aromatic rings. The number of esters is 1. The van der Waals surface area contributed by atoms with E-state index in [-0.39, 0.29) is 54.0 Å². The van der Waals surface area contributed by atoms with Crippen molar-refractivity contribution in [2.75, 3.05) is 11.9 Å². The summed E-state index contributed by atoms with van der Waals surface area (Å²) < 4.78 is 11.0. The van der Waals surface area contributed by atoms with Gasteiger partial charge >= 0.3 is 5.97 Å². The van der Waals surface area contributed by atoms with Gasteiger partial charge in [-0.05, 0) is 43.0 Å². The Morgan fingerprint density at radius 2 is 1.79 bits per heavy atom. The second-order valence-corrected chi connectivity index (χ2v) is 8.01. The minimum atomic E-state index is -0.300. The Balaban J connectivity index is 1.18. The molecule has 6 nitrogen and oxygen atoms in total. The van der Waals surface area contributed by atoms with E-state index in [1.54, 1.807) is 36.4 Å². The molecular formula is C23H21NO5. The molecule has 6 heteroatoms. The Morgan fingerprint density at radius 3 is 2.55 bits per heavy atom. The zero-order valence-electron chi connectivity index (χ0n) is 15.7. The molecule has 0 spiro atoms. The van der Waals surface area contributed by atoms with Gasteiger partial charge in [-0.25, -0.2) is 0 Å². The van der Waals surface area contributed by atoms with Crippen molar-refractivity contribution in [3.63, 3.8) is 0 Å². The first kappa shape index (κ1) is 17.9. The van der Waals surface area contributed by atoms with E-state index in [1.807, 2.05) is 18.2 Å². The van der Waals surface area contributed by atoms with E-state index in [0.717, 1.165) is 12.8 Å². The van der Waals surface area contributed by atoms with Gasteiger partial charge in [-0.15, -0.1) is 0 Å². The van der Waals surface area contributed by atoms with E-state index in [0.29, 0.717) is 17.0 Å². The number of nitrogens with one attached hydrogen (secondary N) is 1. The first-order valence-electron chi connectivity index (χ1n) is 9.92. The van der Waals surface area contributed by atoms with Crippen LogP contribution in [0, 0.1) is 23.7 Å². The standard InChI is InChI=1S/C23H21NO5/c25-18(13-4-2-1-3-5-13)12-28-16-8-6-15(7-9-16)24-22(26)20-14-10-17-19(11-14)29-23(27)21(17)20/h1-9,14,17,19-21H,10-12H2,(H,24,26)/t14-,17-,19+,20+,21-/m1/s1. The molecular weight excluding hydrogens is 370 g/mol. The Labute approximate surface area is 168 Å². The molecule has 1 N–H and O–H groups in total. The van der Waals surface area contributed by atoms with Crippen LogP contribution >= 0.6 is 0 Å². The normalized spacial score (nSPS) is 28.8. The summed E-state index contributed by atoms with van der Waals surface area (Å²) in [7, 11) is 0. The molecule has 148 valence electrons. The van der Waals surface area contributed by atoms with Gasteiger partial charge in [0.1, 0.15) is 11.9 Å². The molecule has 3 fully saturated rings. The van der Waals surface area contributed by atoms with Gasteiger partial charge in [0.2, 0.25) is 5.91 Å². The highest BCUT2D eigenvalue weighted by Crippen LogP contribution is 2.57. The molecule has 0 aromatic heterocycles. The minimum absolute atomic E-state index is 0.0246. The topological polar surface area (TPSA) is 81.7 Å². The molecule has 29 heavy (non-hydrogen) atoms. The number of rotatable bonds is 6.